The van der Waals surface area contributed by atoms with Crippen LogP contribution in [-0.4, -0.2) is 12.6 Å². The molecular weight excluding hydrogens is 370 g/mol. The van der Waals surface area contributed by atoms with E-state index < -0.39 is 5.97 Å². The molecule has 0 unspecified atom stereocenters. The summed E-state index contributed by atoms with van der Waals surface area (Å²) >= 11 is 3.38. The number of nitrogens with zero attached hydrogens (tertiary/aromatic N) is 1. The molecule has 0 saturated carbocycles. The first-order chi connectivity index (χ1) is 11.5. The molecule has 1 aromatic heterocycles. The van der Waals surface area contributed by atoms with Crippen molar-refractivity contribution in [2.75, 3.05) is 6.61 Å². The normalized spacial score (nSPS) is 11.4. The number of esters is 1. The number of furan rings is 1. The average molecular weight is 388 g/mol. The Morgan fingerprint density at radius 3 is 2.62 bits per heavy atom. The van der Waals surface area contributed by atoms with E-state index in [9.17, 15) is 4.79 Å². The maximum Gasteiger partial charge on any atom is 0.349 e. The molecule has 0 radical (unpaired) electrons. The summed E-state index contributed by atoms with van der Waals surface area (Å²) in [6.07, 6.45) is 2.17. The van der Waals surface area contributed by atoms with Crippen molar-refractivity contribution in [3.05, 3.63) is 52.2 Å². The van der Waals surface area contributed by atoms with Crippen molar-refractivity contribution in [2.24, 2.45) is 5.92 Å². The summed E-state index contributed by atoms with van der Waals surface area (Å²) in [5.74, 6) is 0.912. The number of benzene rings is 1. The maximum absolute atomic E-state index is 11.9. The average Bonchev–Trinajstić information content (AvgIpc) is 3.01. The molecule has 24 heavy (non-hydrogen) atoms. The minimum absolute atomic E-state index is 0.0736. The third kappa shape index (κ3) is 5.10. The highest BCUT2D eigenvalue weighted by molar-refractivity contribution is 9.10. The number of hydrogen-bond acceptors (Lipinski definition) is 4. The fourth-order valence-corrected chi connectivity index (χ4v) is 2.21. The lowest BCUT2D eigenvalue weighted by Crippen LogP contribution is -2.09. The van der Waals surface area contributed by atoms with Gasteiger partial charge in [0.05, 0.1) is 6.61 Å². The molecular formula is C19H18BrNO3. The molecule has 0 fully saturated rings. The molecule has 0 spiro atoms. The Morgan fingerprint density at radius 1 is 1.29 bits per heavy atom. The van der Waals surface area contributed by atoms with Crippen molar-refractivity contribution < 1.29 is 13.9 Å². The van der Waals surface area contributed by atoms with Crippen LogP contribution < -0.4 is 0 Å². The number of hydrogen-bond donors (Lipinski definition) is 0. The third-order valence-electron chi connectivity index (χ3n) is 3.31. The third-order valence-corrected chi connectivity index (χ3v) is 3.84. The molecule has 0 aliphatic carbocycles. The highest BCUT2D eigenvalue weighted by Crippen LogP contribution is 2.25. The van der Waals surface area contributed by atoms with E-state index in [0.29, 0.717) is 24.0 Å². The van der Waals surface area contributed by atoms with Crippen LogP contribution in [0.3, 0.4) is 0 Å². The van der Waals surface area contributed by atoms with E-state index in [1.54, 1.807) is 12.1 Å². The lowest BCUT2D eigenvalue weighted by molar-refractivity contribution is -0.138. The molecule has 0 atom stereocenters. The van der Waals surface area contributed by atoms with Gasteiger partial charge in [0.2, 0.25) is 0 Å². The van der Waals surface area contributed by atoms with E-state index >= 15 is 0 Å². The van der Waals surface area contributed by atoms with Gasteiger partial charge in [-0.05, 0) is 36.6 Å². The molecule has 2 rings (SSSR count). The standard InChI is InChI=1S/C19H18BrNO3/c1-13(2)9-10-23-19(22)15(12-21)11-17-7-8-18(24-17)14-3-5-16(20)6-4-14/h3-8,11,13H,9-10H2,1-2H3/b15-11-. The summed E-state index contributed by atoms with van der Waals surface area (Å²) in [4.78, 5) is 11.9. The zero-order valence-corrected chi connectivity index (χ0v) is 15.2. The lowest BCUT2D eigenvalue weighted by Gasteiger charge is -2.05. The Kier molecular flexibility index (Phi) is 6.39. The van der Waals surface area contributed by atoms with E-state index in [1.165, 1.54) is 6.08 Å². The number of ether oxygens (including phenoxy) is 1. The summed E-state index contributed by atoms with van der Waals surface area (Å²) in [5.41, 5.74) is 0.839. The summed E-state index contributed by atoms with van der Waals surface area (Å²) in [6.45, 7) is 4.39. The van der Waals surface area contributed by atoms with Gasteiger partial charge < -0.3 is 9.15 Å². The molecule has 2 aromatic rings. The van der Waals surface area contributed by atoms with Crippen LogP contribution in [0.25, 0.3) is 17.4 Å². The van der Waals surface area contributed by atoms with Crippen LogP contribution in [0.2, 0.25) is 0 Å². The number of carbonyl (C=O) groups is 1. The lowest BCUT2D eigenvalue weighted by atomic mass is 10.1. The van der Waals surface area contributed by atoms with Crippen LogP contribution in [0.15, 0.2) is 50.9 Å². The van der Waals surface area contributed by atoms with Gasteiger partial charge in [-0.15, -0.1) is 0 Å². The topological polar surface area (TPSA) is 63.2 Å². The monoisotopic (exact) mass is 387 g/mol. The van der Waals surface area contributed by atoms with E-state index in [4.69, 9.17) is 14.4 Å². The molecule has 0 bridgehead atoms. The first-order valence-electron chi connectivity index (χ1n) is 7.64. The molecule has 4 nitrogen and oxygen atoms in total. The van der Waals surface area contributed by atoms with Gasteiger partial charge in [-0.3, -0.25) is 0 Å². The largest absolute Gasteiger partial charge is 0.462 e. The first kappa shape index (κ1) is 18.0. The van der Waals surface area contributed by atoms with Gasteiger partial charge in [0.15, 0.2) is 0 Å². The van der Waals surface area contributed by atoms with Crippen molar-refractivity contribution in [3.63, 3.8) is 0 Å². The minimum atomic E-state index is -0.625. The van der Waals surface area contributed by atoms with Gasteiger partial charge in [0.1, 0.15) is 23.2 Å². The molecule has 124 valence electrons. The Bertz CT molecular complexity index is 767. The summed E-state index contributed by atoms with van der Waals surface area (Å²) in [5, 5.41) is 9.15. The molecule has 0 amide bonds. The summed E-state index contributed by atoms with van der Waals surface area (Å²) in [7, 11) is 0. The SMILES string of the molecule is CC(C)CCOC(=O)/C(C#N)=C\c1ccc(-c2ccc(Br)cc2)o1. The van der Waals surface area contributed by atoms with E-state index in [-0.39, 0.29) is 5.57 Å². The predicted molar refractivity (Wildman–Crippen MR) is 95.8 cm³/mol. The van der Waals surface area contributed by atoms with Crippen LogP contribution >= 0.6 is 15.9 Å². The Hall–Kier alpha value is -2.32. The van der Waals surface area contributed by atoms with Crippen molar-refractivity contribution in [2.45, 2.75) is 20.3 Å². The summed E-state index contributed by atoms with van der Waals surface area (Å²) in [6, 6.07) is 13.1. The fourth-order valence-electron chi connectivity index (χ4n) is 1.94. The fraction of sp³-hybridized carbons (Fsp3) is 0.263. The van der Waals surface area contributed by atoms with Gasteiger partial charge in [-0.1, -0.05) is 41.9 Å². The van der Waals surface area contributed by atoms with Crippen LogP contribution in [-0.2, 0) is 9.53 Å². The van der Waals surface area contributed by atoms with Crippen LogP contribution in [0.1, 0.15) is 26.0 Å². The van der Waals surface area contributed by atoms with Crippen LogP contribution in [0, 0.1) is 17.2 Å². The van der Waals surface area contributed by atoms with E-state index in [2.05, 4.69) is 15.9 Å². The number of rotatable bonds is 6. The number of carbonyl (C=O) groups excluding carboxylic acids is 1. The molecule has 0 N–H and O–H groups in total. The summed E-state index contributed by atoms with van der Waals surface area (Å²) < 4.78 is 11.8. The van der Waals surface area contributed by atoms with E-state index in [0.717, 1.165) is 16.5 Å². The first-order valence-corrected chi connectivity index (χ1v) is 8.43. The van der Waals surface area contributed by atoms with Crippen molar-refractivity contribution in [3.8, 4) is 17.4 Å². The smallest absolute Gasteiger partial charge is 0.349 e. The zero-order chi connectivity index (χ0) is 17.5. The highest BCUT2D eigenvalue weighted by Gasteiger charge is 2.12. The predicted octanol–water partition coefficient (Wildman–Crippen LogP) is 5.21. The quantitative estimate of drug-likeness (QED) is 0.387. The van der Waals surface area contributed by atoms with Crippen LogP contribution in [0.5, 0.6) is 0 Å². The van der Waals surface area contributed by atoms with Gasteiger partial charge in [-0.25, -0.2) is 4.79 Å². The second-order valence-electron chi connectivity index (χ2n) is 5.70. The van der Waals surface area contributed by atoms with Gasteiger partial charge >= 0.3 is 5.97 Å². The molecule has 1 heterocycles. The van der Waals surface area contributed by atoms with Crippen molar-refractivity contribution in [1.29, 1.82) is 5.26 Å². The van der Waals surface area contributed by atoms with Gasteiger partial charge in [-0.2, -0.15) is 5.26 Å². The van der Waals surface area contributed by atoms with Gasteiger partial charge in [0.25, 0.3) is 0 Å². The second-order valence-corrected chi connectivity index (χ2v) is 6.61. The number of nitriles is 1. The number of halogens is 1. The molecule has 0 aliphatic rings. The van der Waals surface area contributed by atoms with E-state index in [1.807, 2.05) is 44.2 Å². The van der Waals surface area contributed by atoms with Crippen LogP contribution in [0.4, 0.5) is 0 Å². The second kappa shape index (κ2) is 8.51. The Labute approximate surface area is 149 Å². The molecule has 0 saturated heterocycles. The minimum Gasteiger partial charge on any atom is -0.462 e. The van der Waals surface area contributed by atoms with Crippen molar-refractivity contribution in [1.82, 2.24) is 0 Å². The molecule has 5 heteroatoms. The highest BCUT2D eigenvalue weighted by atomic mass is 79.9. The van der Waals surface area contributed by atoms with Gasteiger partial charge in [0, 0.05) is 16.1 Å². The zero-order valence-electron chi connectivity index (χ0n) is 13.6. The molecule has 1 aromatic carbocycles. The Morgan fingerprint density at radius 2 is 2.00 bits per heavy atom. The molecule has 0 aliphatic heterocycles. The van der Waals surface area contributed by atoms with Crippen molar-refractivity contribution >= 4 is 28.0 Å². The maximum atomic E-state index is 11.9. The Balaban J connectivity index is 2.10.